The molecule has 0 saturated carbocycles. The van der Waals surface area contributed by atoms with Gasteiger partial charge in [0.05, 0.1) is 5.03 Å². The van der Waals surface area contributed by atoms with Crippen LogP contribution in [0.4, 0.5) is 5.69 Å². The number of furan rings is 1. The third-order valence-electron chi connectivity index (χ3n) is 4.70. The number of anilines is 1. The van der Waals surface area contributed by atoms with Crippen molar-refractivity contribution in [2.24, 2.45) is 0 Å². The highest BCUT2D eigenvalue weighted by Crippen LogP contribution is 2.37. The number of carbonyl (C=O) groups is 1. The second-order valence-electron chi connectivity index (χ2n) is 6.56. The molecule has 4 rings (SSSR count). The summed E-state index contributed by atoms with van der Waals surface area (Å²) in [4.78, 5) is 14.2. The molecule has 0 saturated heterocycles. The van der Waals surface area contributed by atoms with Crippen LogP contribution in [0, 0.1) is 18.3 Å². The van der Waals surface area contributed by atoms with Gasteiger partial charge in [0, 0.05) is 16.3 Å². The summed E-state index contributed by atoms with van der Waals surface area (Å²) in [5.74, 6) is 0.642. The maximum absolute atomic E-state index is 12.4. The van der Waals surface area contributed by atoms with Crippen molar-refractivity contribution in [3.8, 4) is 17.4 Å². The molecule has 3 aromatic rings. The van der Waals surface area contributed by atoms with Crippen LogP contribution in [-0.4, -0.2) is 5.91 Å². The molecule has 2 aromatic carbocycles. The monoisotopic (exact) mass is 421 g/mol. The van der Waals surface area contributed by atoms with Crippen LogP contribution in [0.2, 0.25) is 5.02 Å². The summed E-state index contributed by atoms with van der Waals surface area (Å²) in [6.07, 6.45) is -0.649. The Kier molecular flexibility index (Phi) is 5.10. The van der Waals surface area contributed by atoms with E-state index >= 15 is 0 Å². The lowest BCUT2D eigenvalue weighted by Gasteiger charge is -2.36. The number of para-hydroxylation sites is 1. The number of hydrogen-bond acceptors (Lipinski definition) is 5. The highest BCUT2D eigenvalue weighted by molar-refractivity contribution is 7.84. The molecule has 1 aliphatic heterocycles. The van der Waals surface area contributed by atoms with E-state index < -0.39 is 12.1 Å². The van der Waals surface area contributed by atoms with Gasteiger partial charge in [0.25, 0.3) is 5.91 Å². The van der Waals surface area contributed by atoms with E-state index in [0.29, 0.717) is 16.5 Å². The number of rotatable bonds is 3. The van der Waals surface area contributed by atoms with E-state index in [1.165, 1.54) is 0 Å². The van der Waals surface area contributed by atoms with E-state index in [2.05, 4.69) is 17.9 Å². The molecule has 144 valence electrons. The lowest BCUT2D eigenvalue weighted by molar-refractivity contribution is -0.118. The zero-order chi connectivity index (χ0) is 20.5. The van der Waals surface area contributed by atoms with Crippen molar-refractivity contribution in [2.75, 3.05) is 4.90 Å². The fraction of sp³-hybridized carbons (Fsp3) is 0.0909. The van der Waals surface area contributed by atoms with Crippen molar-refractivity contribution < 1.29 is 9.21 Å². The van der Waals surface area contributed by atoms with E-state index in [4.69, 9.17) is 16.0 Å². The number of thiol groups is 1. The van der Waals surface area contributed by atoms with Gasteiger partial charge in [-0.2, -0.15) is 5.26 Å². The summed E-state index contributed by atoms with van der Waals surface area (Å²) in [6, 6.07) is 20.6. The molecule has 29 heavy (non-hydrogen) atoms. The van der Waals surface area contributed by atoms with Gasteiger partial charge in [-0.1, -0.05) is 41.9 Å². The molecule has 2 heterocycles. The summed E-state index contributed by atoms with van der Waals surface area (Å²) in [5.41, 5.74) is 2.53. The molecule has 1 aliphatic rings. The van der Waals surface area contributed by atoms with Crippen LogP contribution in [0.25, 0.3) is 11.3 Å². The standard InChI is InChI=1S/C22H16ClN3O2S/c1-13-7-8-14(11-17(13)23)18-9-10-19(28-18)20-25-21(27)16(12-24)22(29)26(20)15-5-3-2-4-6-15/h2-11,20,29H,1H3,(H,25,27). The zero-order valence-electron chi connectivity index (χ0n) is 15.4. The van der Waals surface area contributed by atoms with Gasteiger partial charge in [0.15, 0.2) is 6.17 Å². The molecule has 0 fully saturated rings. The van der Waals surface area contributed by atoms with E-state index in [0.717, 1.165) is 16.8 Å². The van der Waals surface area contributed by atoms with Crippen molar-refractivity contribution in [2.45, 2.75) is 13.1 Å². The molecule has 0 radical (unpaired) electrons. The molecule has 0 bridgehead atoms. The fourth-order valence-electron chi connectivity index (χ4n) is 3.17. The molecule has 0 aliphatic carbocycles. The van der Waals surface area contributed by atoms with Gasteiger partial charge in [0.1, 0.15) is 23.2 Å². The molecule has 0 spiro atoms. The van der Waals surface area contributed by atoms with E-state index in [-0.39, 0.29) is 10.6 Å². The van der Waals surface area contributed by atoms with Gasteiger partial charge in [-0.05, 0) is 42.8 Å². The van der Waals surface area contributed by atoms with Gasteiger partial charge in [-0.15, -0.1) is 12.6 Å². The van der Waals surface area contributed by atoms with Gasteiger partial charge < -0.3 is 14.6 Å². The molecule has 1 unspecified atom stereocenters. The zero-order valence-corrected chi connectivity index (χ0v) is 17.0. The van der Waals surface area contributed by atoms with Crippen LogP contribution in [0.3, 0.4) is 0 Å². The minimum Gasteiger partial charge on any atom is -0.457 e. The fourth-order valence-corrected chi connectivity index (χ4v) is 3.73. The topological polar surface area (TPSA) is 69.3 Å². The highest BCUT2D eigenvalue weighted by Gasteiger charge is 2.35. The molecule has 1 atom stereocenters. The molecular weight excluding hydrogens is 406 g/mol. The molecule has 1 amide bonds. The van der Waals surface area contributed by atoms with Crippen LogP contribution < -0.4 is 10.2 Å². The van der Waals surface area contributed by atoms with Crippen LogP contribution >= 0.6 is 24.2 Å². The van der Waals surface area contributed by atoms with Crippen LogP contribution in [0.1, 0.15) is 17.5 Å². The Balaban J connectivity index is 1.78. The van der Waals surface area contributed by atoms with Crippen molar-refractivity contribution in [1.29, 1.82) is 5.26 Å². The van der Waals surface area contributed by atoms with Crippen LogP contribution in [0.5, 0.6) is 0 Å². The summed E-state index contributed by atoms with van der Waals surface area (Å²) in [7, 11) is 0. The Bertz CT molecular complexity index is 1160. The first-order valence-corrected chi connectivity index (χ1v) is 9.67. The Morgan fingerprint density at radius 3 is 2.62 bits per heavy atom. The molecule has 1 N–H and O–H groups in total. The number of halogens is 1. The number of amides is 1. The van der Waals surface area contributed by atoms with Crippen molar-refractivity contribution >= 4 is 35.8 Å². The third-order valence-corrected chi connectivity index (χ3v) is 5.55. The minimum absolute atomic E-state index is 0.0504. The molecule has 5 nitrogen and oxygen atoms in total. The first kappa shape index (κ1) is 19.2. The number of nitrogens with one attached hydrogen (secondary N) is 1. The summed E-state index contributed by atoms with van der Waals surface area (Å²) < 4.78 is 6.07. The largest absolute Gasteiger partial charge is 0.457 e. The number of nitriles is 1. The normalized spacial score (nSPS) is 16.6. The quantitative estimate of drug-likeness (QED) is 0.569. The van der Waals surface area contributed by atoms with Gasteiger partial charge in [0.2, 0.25) is 0 Å². The van der Waals surface area contributed by atoms with Crippen molar-refractivity contribution in [3.63, 3.8) is 0 Å². The number of nitrogens with zero attached hydrogens (tertiary/aromatic N) is 2. The Hall–Kier alpha value is -3.14. The molecular formula is C22H16ClN3O2S. The van der Waals surface area contributed by atoms with Crippen LogP contribution in [-0.2, 0) is 4.79 Å². The average molecular weight is 422 g/mol. The first-order chi connectivity index (χ1) is 14.0. The number of hydrogen-bond donors (Lipinski definition) is 2. The second-order valence-corrected chi connectivity index (χ2v) is 7.39. The van der Waals surface area contributed by atoms with Gasteiger partial charge >= 0.3 is 0 Å². The third kappa shape index (κ3) is 3.51. The summed E-state index contributed by atoms with van der Waals surface area (Å²) in [5, 5.41) is 13.1. The smallest absolute Gasteiger partial charge is 0.266 e. The highest BCUT2D eigenvalue weighted by atomic mass is 35.5. The van der Waals surface area contributed by atoms with Crippen molar-refractivity contribution in [1.82, 2.24) is 5.32 Å². The predicted molar refractivity (Wildman–Crippen MR) is 115 cm³/mol. The first-order valence-electron chi connectivity index (χ1n) is 8.84. The second kappa shape index (κ2) is 7.70. The van der Waals surface area contributed by atoms with Gasteiger partial charge in [-0.25, -0.2) is 0 Å². The van der Waals surface area contributed by atoms with Gasteiger partial charge in [-0.3, -0.25) is 4.79 Å². The minimum atomic E-state index is -0.649. The number of carbonyl (C=O) groups excluding carboxylic acids is 1. The van der Waals surface area contributed by atoms with E-state index in [1.807, 2.05) is 67.6 Å². The summed E-state index contributed by atoms with van der Waals surface area (Å²) in [6.45, 7) is 1.93. The lowest BCUT2D eigenvalue weighted by atomic mass is 10.1. The number of benzene rings is 2. The molecule has 1 aromatic heterocycles. The van der Waals surface area contributed by atoms with E-state index in [9.17, 15) is 10.1 Å². The van der Waals surface area contributed by atoms with E-state index in [1.54, 1.807) is 11.0 Å². The Labute approximate surface area is 178 Å². The Morgan fingerprint density at radius 2 is 1.93 bits per heavy atom. The predicted octanol–water partition coefficient (Wildman–Crippen LogP) is 5.21. The maximum Gasteiger partial charge on any atom is 0.266 e. The number of aryl methyl sites for hydroxylation is 1. The van der Waals surface area contributed by atoms with Crippen molar-refractivity contribution in [3.05, 3.63) is 87.6 Å². The summed E-state index contributed by atoms with van der Waals surface area (Å²) >= 11 is 10.7. The lowest BCUT2D eigenvalue weighted by Crippen LogP contribution is -2.45. The Morgan fingerprint density at radius 1 is 1.17 bits per heavy atom. The van der Waals surface area contributed by atoms with Crippen LogP contribution in [0.15, 0.2) is 75.7 Å². The maximum atomic E-state index is 12.4. The SMILES string of the molecule is Cc1ccc(-c2ccc(C3NC(=O)C(C#N)=C(S)N3c3ccccc3)o2)cc1Cl. The average Bonchev–Trinajstić information content (AvgIpc) is 3.21. The molecule has 7 heteroatoms.